The monoisotopic (exact) mass is 206 g/mol. The van der Waals surface area contributed by atoms with Crippen LogP contribution >= 0.6 is 11.6 Å². The van der Waals surface area contributed by atoms with E-state index < -0.39 is 28.0 Å². The van der Waals surface area contributed by atoms with Gasteiger partial charge in [0, 0.05) is 0 Å². The van der Waals surface area contributed by atoms with E-state index in [9.17, 15) is 13.6 Å². The lowest BCUT2D eigenvalue weighted by Crippen LogP contribution is -1.99. The van der Waals surface area contributed by atoms with E-state index in [-0.39, 0.29) is 7.43 Å². The van der Waals surface area contributed by atoms with Gasteiger partial charge in [-0.05, 0) is 19.1 Å². The third-order valence-corrected chi connectivity index (χ3v) is 1.77. The van der Waals surface area contributed by atoms with Crippen LogP contribution in [0.25, 0.3) is 0 Å². The maximum Gasteiger partial charge on any atom is 0.164 e. The molecule has 0 atom stereocenters. The van der Waals surface area contributed by atoms with Crippen molar-refractivity contribution in [2.45, 2.75) is 14.4 Å². The van der Waals surface area contributed by atoms with Gasteiger partial charge in [0.2, 0.25) is 0 Å². The van der Waals surface area contributed by atoms with E-state index in [2.05, 4.69) is 0 Å². The molecule has 1 nitrogen and oxygen atoms in total. The number of halogens is 3. The highest BCUT2D eigenvalue weighted by Crippen LogP contribution is 2.22. The van der Waals surface area contributed by atoms with Crippen molar-refractivity contribution in [2.75, 3.05) is 0 Å². The zero-order chi connectivity index (χ0) is 9.30. The van der Waals surface area contributed by atoms with Crippen molar-refractivity contribution in [3.8, 4) is 0 Å². The van der Waals surface area contributed by atoms with E-state index in [1.807, 2.05) is 0 Å². The number of Topliss-reactive ketones (excluding diaryl/α,β-unsaturated/α-hetero) is 1. The highest BCUT2D eigenvalue weighted by Gasteiger charge is 2.15. The molecule has 0 bridgehead atoms. The molecule has 0 spiro atoms. The van der Waals surface area contributed by atoms with Crippen molar-refractivity contribution in [1.29, 1.82) is 0 Å². The van der Waals surface area contributed by atoms with E-state index in [1.165, 1.54) is 0 Å². The largest absolute Gasteiger partial charge is 0.294 e. The van der Waals surface area contributed by atoms with Crippen LogP contribution in [-0.4, -0.2) is 5.78 Å². The average Bonchev–Trinajstić information content (AvgIpc) is 1.97. The van der Waals surface area contributed by atoms with Crippen LogP contribution in [0.2, 0.25) is 5.02 Å². The number of rotatable bonds is 1. The third kappa shape index (κ3) is 2.25. The van der Waals surface area contributed by atoms with Gasteiger partial charge in [0.1, 0.15) is 11.6 Å². The molecule has 0 fully saturated rings. The molecule has 13 heavy (non-hydrogen) atoms. The summed E-state index contributed by atoms with van der Waals surface area (Å²) in [6.45, 7) is 1.13. The first-order chi connectivity index (χ1) is 5.54. The minimum atomic E-state index is -0.797. The van der Waals surface area contributed by atoms with Gasteiger partial charge in [0.05, 0.1) is 10.6 Å². The summed E-state index contributed by atoms with van der Waals surface area (Å²) in [7, 11) is 0. The van der Waals surface area contributed by atoms with Crippen LogP contribution in [0.3, 0.4) is 0 Å². The van der Waals surface area contributed by atoms with Crippen molar-refractivity contribution in [2.24, 2.45) is 0 Å². The van der Waals surface area contributed by atoms with Gasteiger partial charge in [-0.15, -0.1) is 0 Å². The SMILES string of the molecule is C.CC(=O)c1c(F)ccc(F)c1Cl. The van der Waals surface area contributed by atoms with E-state index in [0.717, 1.165) is 19.1 Å². The van der Waals surface area contributed by atoms with Gasteiger partial charge in [-0.1, -0.05) is 19.0 Å². The smallest absolute Gasteiger partial charge is 0.164 e. The lowest BCUT2D eigenvalue weighted by atomic mass is 10.1. The van der Waals surface area contributed by atoms with Crippen LogP contribution in [0.5, 0.6) is 0 Å². The molecule has 72 valence electrons. The Labute approximate surface area is 80.3 Å². The maximum absolute atomic E-state index is 12.8. The molecule has 1 rings (SSSR count). The minimum absolute atomic E-state index is 0. The zero-order valence-corrected chi connectivity index (χ0v) is 6.95. The summed E-state index contributed by atoms with van der Waals surface area (Å²) < 4.78 is 25.5. The quantitative estimate of drug-likeness (QED) is 0.508. The van der Waals surface area contributed by atoms with Crippen LogP contribution in [-0.2, 0) is 0 Å². The molecule has 4 heteroatoms. The highest BCUT2D eigenvalue weighted by molar-refractivity contribution is 6.34. The molecule has 1 aromatic rings. The number of carbonyl (C=O) groups is 1. The summed E-state index contributed by atoms with van der Waals surface area (Å²) in [5.41, 5.74) is -0.392. The van der Waals surface area contributed by atoms with Gasteiger partial charge in [0.15, 0.2) is 5.78 Å². The molecule has 0 N–H and O–H groups in total. The summed E-state index contributed by atoms with van der Waals surface area (Å²) >= 11 is 5.36. The van der Waals surface area contributed by atoms with Gasteiger partial charge >= 0.3 is 0 Å². The molecule has 0 aliphatic rings. The molecule has 0 unspecified atom stereocenters. The van der Waals surface area contributed by atoms with Crippen LogP contribution in [0, 0.1) is 11.6 Å². The molecule has 0 saturated heterocycles. The Morgan fingerprint density at radius 2 is 1.77 bits per heavy atom. The molecule has 0 aliphatic heterocycles. The van der Waals surface area contributed by atoms with Crippen LogP contribution < -0.4 is 0 Å². The number of ketones is 1. The van der Waals surface area contributed by atoms with Crippen molar-refractivity contribution in [1.82, 2.24) is 0 Å². The Morgan fingerprint density at radius 1 is 1.31 bits per heavy atom. The molecule has 0 saturated carbocycles. The number of carbonyl (C=O) groups excluding carboxylic acids is 1. The first-order valence-corrected chi connectivity index (χ1v) is 3.56. The predicted octanol–water partition coefficient (Wildman–Crippen LogP) is 3.46. The second-order valence-corrected chi connectivity index (χ2v) is 2.65. The normalized spacial score (nSPS) is 9.23. The number of benzene rings is 1. The van der Waals surface area contributed by atoms with E-state index in [0.29, 0.717) is 0 Å². The summed E-state index contributed by atoms with van der Waals surface area (Å²) in [4.78, 5) is 10.7. The van der Waals surface area contributed by atoms with Crippen molar-refractivity contribution in [3.05, 3.63) is 34.4 Å². The van der Waals surface area contributed by atoms with Crippen molar-refractivity contribution >= 4 is 17.4 Å². The van der Waals surface area contributed by atoms with Crippen LogP contribution in [0.1, 0.15) is 24.7 Å². The zero-order valence-electron chi connectivity index (χ0n) is 6.20. The summed E-state index contributed by atoms with van der Waals surface area (Å²) in [5.74, 6) is -2.17. The van der Waals surface area contributed by atoms with Gasteiger partial charge in [-0.3, -0.25) is 4.79 Å². The van der Waals surface area contributed by atoms with Gasteiger partial charge < -0.3 is 0 Å². The summed E-state index contributed by atoms with van der Waals surface area (Å²) in [5, 5.41) is -0.456. The third-order valence-electron chi connectivity index (χ3n) is 1.40. The molecule has 0 heterocycles. The van der Waals surface area contributed by atoms with E-state index >= 15 is 0 Å². The van der Waals surface area contributed by atoms with Gasteiger partial charge in [0.25, 0.3) is 0 Å². The lowest BCUT2D eigenvalue weighted by molar-refractivity contribution is 0.101. The number of hydrogen-bond donors (Lipinski definition) is 0. The van der Waals surface area contributed by atoms with Crippen molar-refractivity contribution in [3.63, 3.8) is 0 Å². The Bertz CT molecular complexity index is 337. The fraction of sp³-hybridized carbons (Fsp3) is 0.222. The van der Waals surface area contributed by atoms with Gasteiger partial charge in [-0.25, -0.2) is 8.78 Å². The highest BCUT2D eigenvalue weighted by atomic mass is 35.5. The Morgan fingerprint density at radius 3 is 2.15 bits per heavy atom. The summed E-state index contributed by atoms with van der Waals surface area (Å²) in [6.07, 6.45) is 0. The Balaban J connectivity index is 0.00000144. The molecule has 0 radical (unpaired) electrons. The predicted molar refractivity (Wildman–Crippen MR) is 48.1 cm³/mol. The van der Waals surface area contributed by atoms with Crippen LogP contribution in [0.4, 0.5) is 8.78 Å². The fourth-order valence-corrected chi connectivity index (χ4v) is 1.14. The van der Waals surface area contributed by atoms with Crippen LogP contribution in [0.15, 0.2) is 12.1 Å². The molecule has 0 aromatic heterocycles. The molecular formula is C9H9ClF2O. The Kier molecular flexibility index (Phi) is 4.01. The second kappa shape index (κ2) is 4.33. The topological polar surface area (TPSA) is 17.1 Å². The molecule has 0 amide bonds. The molecule has 0 aliphatic carbocycles. The molecule has 1 aromatic carbocycles. The second-order valence-electron chi connectivity index (χ2n) is 2.27. The van der Waals surface area contributed by atoms with Gasteiger partial charge in [-0.2, -0.15) is 0 Å². The van der Waals surface area contributed by atoms with E-state index in [1.54, 1.807) is 0 Å². The standard InChI is InChI=1S/C8H5ClF2O.CH4/c1-4(12)7-5(10)2-3-6(11)8(7)9;/h2-3H,1H3;1H4. The van der Waals surface area contributed by atoms with Crippen molar-refractivity contribution < 1.29 is 13.6 Å². The maximum atomic E-state index is 12.8. The summed E-state index contributed by atoms with van der Waals surface area (Å²) in [6, 6.07) is 1.75. The minimum Gasteiger partial charge on any atom is -0.294 e. The lowest BCUT2D eigenvalue weighted by Gasteiger charge is -2.01. The van der Waals surface area contributed by atoms with E-state index in [4.69, 9.17) is 11.6 Å². The fourth-order valence-electron chi connectivity index (χ4n) is 0.850. The first-order valence-electron chi connectivity index (χ1n) is 3.18. The number of hydrogen-bond acceptors (Lipinski definition) is 1. The molecular weight excluding hydrogens is 198 g/mol. The average molecular weight is 207 g/mol. The Hall–Kier alpha value is -0.960. The first kappa shape index (κ1) is 12.0.